The fraction of sp³-hybridized carbons (Fsp3) is 0.190. The second-order valence-electron chi connectivity index (χ2n) is 7.10. The van der Waals surface area contributed by atoms with E-state index >= 15 is 0 Å². The van der Waals surface area contributed by atoms with Gasteiger partial charge in [-0.05, 0) is 18.2 Å². The van der Waals surface area contributed by atoms with Crippen LogP contribution in [0.2, 0.25) is 10.0 Å². The second-order valence-corrected chi connectivity index (χ2v) is 7.88. The molecule has 0 N–H and O–H groups in total. The first kappa shape index (κ1) is 21.8. The Bertz CT molecular complexity index is 1240. The highest BCUT2D eigenvalue weighted by molar-refractivity contribution is 6.34. The summed E-state index contributed by atoms with van der Waals surface area (Å²) in [6, 6.07) is 12.8. The number of non-ortho nitro benzene ring substituents is 1. The van der Waals surface area contributed by atoms with Crippen molar-refractivity contribution in [2.45, 2.75) is 0 Å². The number of hydrogen-bond acceptors (Lipinski definition) is 6. The van der Waals surface area contributed by atoms with Crippen LogP contribution in [-0.4, -0.2) is 51.7 Å². The van der Waals surface area contributed by atoms with E-state index in [1.807, 2.05) is 11.0 Å². The number of rotatable bonds is 4. The molecule has 0 spiro atoms. The normalized spacial score (nSPS) is 13.8. The first-order valence-corrected chi connectivity index (χ1v) is 10.4. The average Bonchev–Trinajstić information content (AvgIpc) is 2.81. The van der Waals surface area contributed by atoms with Crippen LogP contribution in [0.15, 0.2) is 59.5 Å². The van der Waals surface area contributed by atoms with E-state index in [2.05, 4.69) is 5.10 Å². The minimum atomic E-state index is -0.567. The minimum absolute atomic E-state index is 0.0309. The van der Waals surface area contributed by atoms with Crippen LogP contribution in [-0.2, 0) is 0 Å². The van der Waals surface area contributed by atoms with E-state index in [9.17, 15) is 19.7 Å². The maximum Gasteiger partial charge on any atom is 0.292 e. The Morgan fingerprint density at radius 3 is 2.34 bits per heavy atom. The molecule has 4 rings (SSSR count). The summed E-state index contributed by atoms with van der Waals surface area (Å²) in [5.41, 5.74) is 0.719. The Balaban J connectivity index is 1.48. The number of anilines is 1. The molecule has 2 aromatic carbocycles. The van der Waals surface area contributed by atoms with E-state index in [0.717, 1.165) is 6.07 Å². The van der Waals surface area contributed by atoms with Crippen molar-refractivity contribution >= 4 is 40.5 Å². The summed E-state index contributed by atoms with van der Waals surface area (Å²) in [6.07, 6.45) is 1.54. The molecule has 2 heterocycles. The summed E-state index contributed by atoms with van der Waals surface area (Å²) < 4.78 is 1.24. The fourth-order valence-electron chi connectivity index (χ4n) is 3.51. The molecular weight excluding hydrogens is 457 g/mol. The van der Waals surface area contributed by atoms with Gasteiger partial charge in [-0.25, -0.2) is 0 Å². The number of piperazine rings is 1. The van der Waals surface area contributed by atoms with Crippen LogP contribution in [0.5, 0.6) is 0 Å². The molecule has 1 saturated heterocycles. The largest absolute Gasteiger partial charge is 0.365 e. The van der Waals surface area contributed by atoms with Crippen LogP contribution in [0.4, 0.5) is 11.4 Å². The van der Waals surface area contributed by atoms with Gasteiger partial charge in [0.15, 0.2) is 0 Å². The number of nitro benzene ring substituents is 1. The topological polar surface area (TPSA) is 102 Å². The number of halogens is 2. The molecule has 1 fully saturated rings. The zero-order chi connectivity index (χ0) is 22.8. The molecule has 9 nitrogen and oxygen atoms in total. The molecule has 1 aromatic heterocycles. The lowest BCUT2D eigenvalue weighted by molar-refractivity contribution is -0.384. The van der Waals surface area contributed by atoms with Gasteiger partial charge in [0.05, 0.1) is 33.1 Å². The summed E-state index contributed by atoms with van der Waals surface area (Å²) in [4.78, 5) is 39.3. The summed E-state index contributed by atoms with van der Waals surface area (Å²) in [5.74, 6) is -0.312. The van der Waals surface area contributed by atoms with E-state index in [1.165, 1.54) is 16.8 Å². The van der Waals surface area contributed by atoms with Crippen molar-refractivity contribution in [2.24, 2.45) is 0 Å². The van der Waals surface area contributed by atoms with Crippen LogP contribution in [0.1, 0.15) is 10.4 Å². The highest BCUT2D eigenvalue weighted by atomic mass is 35.5. The number of amides is 1. The zero-order valence-electron chi connectivity index (χ0n) is 16.6. The van der Waals surface area contributed by atoms with Crippen molar-refractivity contribution in [1.29, 1.82) is 0 Å². The van der Waals surface area contributed by atoms with E-state index in [4.69, 9.17) is 23.2 Å². The molecule has 11 heteroatoms. The van der Waals surface area contributed by atoms with Crippen molar-refractivity contribution in [2.75, 3.05) is 31.1 Å². The molecule has 0 atom stereocenters. The molecule has 3 aromatic rings. The Labute approximate surface area is 192 Å². The van der Waals surface area contributed by atoms with Gasteiger partial charge < -0.3 is 9.80 Å². The lowest BCUT2D eigenvalue weighted by Crippen LogP contribution is -2.49. The third kappa shape index (κ3) is 4.17. The molecule has 32 heavy (non-hydrogen) atoms. The lowest BCUT2D eigenvalue weighted by atomic mass is 10.1. The fourth-order valence-corrected chi connectivity index (χ4v) is 4.01. The van der Waals surface area contributed by atoms with Crippen LogP contribution < -0.4 is 10.5 Å². The number of hydrogen-bond donors (Lipinski definition) is 0. The molecule has 0 saturated carbocycles. The molecule has 1 amide bonds. The first-order valence-electron chi connectivity index (χ1n) is 9.68. The third-order valence-electron chi connectivity index (χ3n) is 5.20. The molecule has 1 aliphatic rings. The van der Waals surface area contributed by atoms with Crippen LogP contribution in [0.3, 0.4) is 0 Å². The summed E-state index contributed by atoms with van der Waals surface area (Å²) in [6.45, 7) is 1.60. The van der Waals surface area contributed by atoms with Gasteiger partial charge in [-0.3, -0.25) is 19.7 Å². The number of aromatic nitrogens is 2. The van der Waals surface area contributed by atoms with Gasteiger partial charge in [-0.2, -0.15) is 9.78 Å². The highest BCUT2D eigenvalue weighted by Crippen LogP contribution is 2.26. The van der Waals surface area contributed by atoms with Crippen molar-refractivity contribution in [3.63, 3.8) is 0 Å². The van der Waals surface area contributed by atoms with Crippen molar-refractivity contribution < 1.29 is 9.72 Å². The molecule has 0 aliphatic carbocycles. The second kappa shape index (κ2) is 8.97. The predicted molar refractivity (Wildman–Crippen MR) is 121 cm³/mol. The molecule has 164 valence electrons. The molecule has 1 aliphatic heterocycles. The number of carbonyl (C=O) groups excluding carboxylic acids is 1. The van der Waals surface area contributed by atoms with Crippen molar-refractivity contribution in [3.05, 3.63) is 90.8 Å². The lowest BCUT2D eigenvalue weighted by Gasteiger charge is -2.36. The zero-order valence-corrected chi connectivity index (χ0v) is 18.2. The van der Waals surface area contributed by atoms with Crippen LogP contribution in [0, 0.1) is 10.1 Å². The Kier molecular flexibility index (Phi) is 6.11. The van der Waals surface area contributed by atoms with E-state index in [-0.39, 0.29) is 27.2 Å². The monoisotopic (exact) mass is 473 g/mol. The summed E-state index contributed by atoms with van der Waals surface area (Å²) >= 11 is 12.5. The quantitative estimate of drug-likeness (QED) is 0.424. The SMILES string of the molecule is O=C(c1ccc([N+](=O)[O-])cc1Cl)N1CCN(c2cnn(-c3ccccc3)c(=O)c2Cl)CC1. The molecule has 0 radical (unpaired) electrons. The average molecular weight is 474 g/mol. The predicted octanol–water partition coefficient (Wildman–Crippen LogP) is 3.41. The van der Waals surface area contributed by atoms with Gasteiger partial charge in [-0.15, -0.1) is 0 Å². The highest BCUT2D eigenvalue weighted by Gasteiger charge is 2.26. The Hall–Kier alpha value is -3.43. The Morgan fingerprint density at radius 1 is 1.03 bits per heavy atom. The molecule has 0 unspecified atom stereocenters. The number of para-hydroxylation sites is 1. The van der Waals surface area contributed by atoms with E-state index in [1.54, 1.807) is 35.4 Å². The van der Waals surface area contributed by atoms with Crippen LogP contribution >= 0.6 is 23.2 Å². The number of benzene rings is 2. The number of nitro groups is 1. The molecular formula is C21H17Cl2N5O4. The smallest absolute Gasteiger partial charge is 0.292 e. The minimum Gasteiger partial charge on any atom is -0.365 e. The summed E-state index contributed by atoms with van der Waals surface area (Å²) in [5, 5.41) is 15.2. The maximum atomic E-state index is 12.8. The standard InChI is InChI=1S/C21H17Cl2N5O4/c22-17-12-15(28(31)32)6-7-16(17)20(29)26-10-8-25(9-11-26)18-13-24-27(21(30)19(18)23)14-4-2-1-3-5-14/h1-7,12-13H,8-11H2. The Morgan fingerprint density at radius 2 is 1.72 bits per heavy atom. The van der Waals surface area contributed by atoms with Gasteiger partial charge in [0.1, 0.15) is 5.02 Å². The van der Waals surface area contributed by atoms with Gasteiger partial charge >= 0.3 is 0 Å². The van der Waals surface area contributed by atoms with Crippen LogP contribution in [0.25, 0.3) is 5.69 Å². The third-order valence-corrected chi connectivity index (χ3v) is 5.87. The molecule has 0 bridgehead atoms. The van der Waals surface area contributed by atoms with Gasteiger partial charge in [0, 0.05) is 38.3 Å². The van der Waals surface area contributed by atoms with Gasteiger partial charge in [0.25, 0.3) is 17.2 Å². The maximum absolute atomic E-state index is 12.8. The van der Waals surface area contributed by atoms with Crippen molar-refractivity contribution in [3.8, 4) is 5.69 Å². The summed E-state index contributed by atoms with van der Waals surface area (Å²) in [7, 11) is 0. The first-order chi connectivity index (χ1) is 15.4. The van der Waals surface area contributed by atoms with E-state index < -0.39 is 10.5 Å². The number of carbonyl (C=O) groups is 1. The van der Waals surface area contributed by atoms with Gasteiger partial charge in [0.2, 0.25) is 0 Å². The van der Waals surface area contributed by atoms with E-state index in [0.29, 0.717) is 37.6 Å². The number of nitrogens with zero attached hydrogens (tertiary/aromatic N) is 5. The van der Waals surface area contributed by atoms with Crippen molar-refractivity contribution in [1.82, 2.24) is 14.7 Å². The van der Waals surface area contributed by atoms with Gasteiger partial charge in [-0.1, -0.05) is 41.4 Å².